The van der Waals surface area contributed by atoms with Gasteiger partial charge in [-0.25, -0.2) is 14.4 Å². The lowest BCUT2D eigenvalue weighted by molar-refractivity contribution is -0.128. The minimum Gasteiger partial charge on any atom is -0.494 e. The van der Waals surface area contributed by atoms with Crippen LogP contribution in [-0.4, -0.2) is 37.7 Å². The summed E-state index contributed by atoms with van der Waals surface area (Å²) < 4.78 is 21.4. The Hall–Kier alpha value is -4.79. The van der Waals surface area contributed by atoms with Gasteiger partial charge in [0, 0.05) is 23.9 Å². The second kappa shape index (κ2) is 16.3. The summed E-state index contributed by atoms with van der Waals surface area (Å²) in [7, 11) is 0. The summed E-state index contributed by atoms with van der Waals surface area (Å²) in [6.45, 7) is 2.97. The first-order valence-electron chi connectivity index (χ1n) is 13.6. The summed E-state index contributed by atoms with van der Waals surface area (Å²) in [4.78, 5) is 36.5. The molecule has 216 valence electrons. The number of rotatable bonds is 15. The maximum absolute atomic E-state index is 12.3. The first-order valence-corrected chi connectivity index (χ1v) is 13.6. The SMILES string of the molecule is CCCCCCOc1ccc(OC(=O)C=Cc2ccc(C(=O)OCCCOC(=O)c3cc(N)cc(N)c3)cc2)cc1. The molecule has 0 saturated carbocycles. The zero-order valence-corrected chi connectivity index (χ0v) is 23.2. The average Bonchev–Trinajstić information content (AvgIpc) is 2.96. The van der Waals surface area contributed by atoms with Crippen LogP contribution in [0.2, 0.25) is 0 Å². The number of carbonyl (C=O) groups is 3. The van der Waals surface area contributed by atoms with Crippen LogP contribution in [0.15, 0.2) is 72.8 Å². The predicted octanol–water partition coefficient (Wildman–Crippen LogP) is 5.83. The van der Waals surface area contributed by atoms with E-state index in [9.17, 15) is 14.4 Å². The van der Waals surface area contributed by atoms with E-state index in [4.69, 9.17) is 30.4 Å². The van der Waals surface area contributed by atoms with Crippen molar-refractivity contribution in [3.05, 3.63) is 89.5 Å². The molecule has 0 saturated heterocycles. The van der Waals surface area contributed by atoms with Crippen LogP contribution in [0.1, 0.15) is 65.3 Å². The van der Waals surface area contributed by atoms with E-state index >= 15 is 0 Å². The highest BCUT2D eigenvalue weighted by atomic mass is 16.5. The number of unbranched alkanes of at least 4 members (excludes halogenated alkanes) is 3. The van der Waals surface area contributed by atoms with Crippen molar-refractivity contribution in [2.24, 2.45) is 0 Å². The third kappa shape index (κ3) is 11.1. The number of ether oxygens (including phenoxy) is 4. The highest BCUT2D eigenvalue weighted by molar-refractivity contribution is 5.92. The number of hydrogen-bond acceptors (Lipinski definition) is 9. The minimum absolute atomic E-state index is 0.0672. The molecule has 0 radical (unpaired) electrons. The molecule has 3 rings (SSSR count). The van der Waals surface area contributed by atoms with Crippen LogP contribution in [0.5, 0.6) is 11.5 Å². The van der Waals surface area contributed by atoms with Crippen molar-refractivity contribution in [1.29, 1.82) is 0 Å². The molecule has 0 aromatic heterocycles. The van der Waals surface area contributed by atoms with Crippen LogP contribution in [0, 0.1) is 0 Å². The fraction of sp³-hybridized carbons (Fsp3) is 0.281. The average molecular weight is 561 g/mol. The van der Waals surface area contributed by atoms with Crippen molar-refractivity contribution in [2.75, 3.05) is 31.3 Å². The van der Waals surface area contributed by atoms with Gasteiger partial charge in [0.1, 0.15) is 11.5 Å². The molecule has 0 aliphatic heterocycles. The van der Waals surface area contributed by atoms with Gasteiger partial charge < -0.3 is 30.4 Å². The molecular formula is C32H36N2O7. The maximum atomic E-state index is 12.3. The van der Waals surface area contributed by atoms with Crippen LogP contribution >= 0.6 is 0 Å². The molecule has 0 amide bonds. The molecular weight excluding hydrogens is 524 g/mol. The van der Waals surface area contributed by atoms with Gasteiger partial charge in [0.15, 0.2) is 0 Å². The molecule has 0 unspecified atom stereocenters. The molecule has 0 spiro atoms. The largest absolute Gasteiger partial charge is 0.494 e. The lowest BCUT2D eigenvalue weighted by Gasteiger charge is -2.08. The highest BCUT2D eigenvalue weighted by Gasteiger charge is 2.10. The summed E-state index contributed by atoms with van der Waals surface area (Å²) in [5, 5.41) is 0. The molecule has 9 nitrogen and oxygen atoms in total. The summed E-state index contributed by atoms with van der Waals surface area (Å²) in [6, 6.07) is 18.0. The number of anilines is 2. The van der Waals surface area contributed by atoms with Crippen LogP contribution in [0.25, 0.3) is 6.08 Å². The van der Waals surface area contributed by atoms with Crippen LogP contribution in [0.3, 0.4) is 0 Å². The fourth-order valence-corrected chi connectivity index (χ4v) is 3.72. The van der Waals surface area contributed by atoms with Gasteiger partial charge >= 0.3 is 17.9 Å². The Kier molecular flexibility index (Phi) is 12.3. The lowest BCUT2D eigenvalue weighted by Crippen LogP contribution is -2.11. The molecule has 0 aliphatic rings. The van der Waals surface area contributed by atoms with Crippen molar-refractivity contribution >= 4 is 35.4 Å². The number of nitrogen functional groups attached to an aromatic ring is 2. The summed E-state index contributed by atoms with van der Waals surface area (Å²) in [5.74, 6) is -0.442. The second-order valence-corrected chi connectivity index (χ2v) is 9.27. The van der Waals surface area contributed by atoms with E-state index in [2.05, 4.69) is 6.92 Å². The van der Waals surface area contributed by atoms with Crippen molar-refractivity contribution in [1.82, 2.24) is 0 Å². The van der Waals surface area contributed by atoms with Crippen molar-refractivity contribution < 1.29 is 33.3 Å². The first kappa shape index (κ1) is 30.7. The number of esters is 3. The van der Waals surface area contributed by atoms with Gasteiger partial charge in [-0.1, -0.05) is 38.3 Å². The van der Waals surface area contributed by atoms with E-state index in [0.29, 0.717) is 41.3 Å². The van der Waals surface area contributed by atoms with Gasteiger partial charge in [0.2, 0.25) is 0 Å². The Balaban J connectivity index is 1.35. The lowest BCUT2D eigenvalue weighted by atomic mass is 10.1. The molecule has 0 atom stereocenters. The van der Waals surface area contributed by atoms with Crippen molar-refractivity contribution in [3.8, 4) is 11.5 Å². The number of benzene rings is 3. The zero-order valence-electron chi connectivity index (χ0n) is 23.2. The van der Waals surface area contributed by atoms with Crippen molar-refractivity contribution in [2.45, 2.75) is 39.0 Å². The minimum atomic E-state index is -0.557. The molecule has 4 N–H and O–H groups in total. The third-order valence-electron chi connectivity index (χ3n) is 5.84. The summed E-state index contributed by atoms with van der Waals surface area (Å²) in [5.41, 5.74) is 13.4. The van der Waals surface area contributed by atoms with Crippen LogP contribution in [0.4, 0.5) is 11.4 Å². The van der Waals surface area contributed by atoms with Crippen LogP contribution < -0.4 is 20.9 Å². The molecule has 0 heterocycles. The smallest absolute Gasteiger partial charge is 0.338 e. The Morgan fingerprint density at radius 1 is 0.683 bits per heavy atom. The summed E-state index contributed by atoms with van der Waals surface area (Å²) >= 11 is 0. The van der Waals surface area contributed by atoms with E-state index in [1.54, 1.807) is 60.7 Å². The Morgan fingerprint density at radius 3 is 1.93 bits per heavy atom. The van der Waals surface area contributed by atoms with E-state index < -0.39 is 17.9 Å². The Bertz CT molecular complexity index is 1300. The number of nitrogens with two attached hydrogens (primary N) is 2. The van der Waals surface area contributed by atoms with Crippen molar-refractivity contribution in [3.63, 3.8) is 0 Å². The van der Waals surface area contributed by atoms with E-state index in [0.717, 1.165) is 18.6 Å². The van der Waals surface area contributed by atoms with E-state index in [-0.39, 0.29) is 18.8 Å². The molecule has 0 aliphatic carbocycles. The van der Waals surface area contributed by atoms with E-state index in [1.165, 1.54) is 31.1 Å². The Labute approximate surface area is 240 Å². The monoisotopic (exact) mass is 560 g/mol. The fourth-order valence-electron chi connectivity index (χ4n) is 3.72. The molecule has 0 fully saturated rings. The Morgan fingerprint density at radius 2 is 1.29 bits per heavy atom. The third-order valence-corrected chi connectivity index (χ3v) is 5.84. The molecule has 3 aromatic rings. The zero-order chi connectivity index (χ0) is 29.5. The topological polar surface area (TPSA) is 140 Å². The molecule has 41 heavy (non-hydrogen) atoms. The molecule has 9 heteroatoms. The standard InChI is InChI=1S/C32H36N2O7/c1-2-3-4-5-17-38-28-12-14-29(15-13-28)41-30(35)16-9-23-7-10-24(11-8-23)31(36)39-18-6-19-40-32(37)25-20-26(33)22-27(34)21-25/h7-16,20-22H,2-6,17-19,33-34H2,1H3. The maximum Gasteiger partial charge on any atom is 0.338 e. The number of carbonyl (C=O) groups excluding carboxylic acids is 3. The molecule has 0 bridgehead atoms. The van der Waals surface area contributed by atoms with Gasteiger partial charge in [-0.05, 0) is 72.7 Å². The van der Waals surface area contributed by atoms with Gasteiger partial charge in [-0.15, -0.1) is 0 Å². The van der Waals surface area contributed by atoms with Gasteiger partial charge in [0.05, 0.1) is 30.9 Å². The quantitative estimate of drug-likeness (QED) is 0.0772. The first-order chi connectivity index (χ1) is 19.8. The number of hydrogen-bond donors (Lipinski definition) is 2. The van der Waals surface area contributed by atoms with Gasteiger partial charge in [0.25, 0.3) is 0 Å². The summed E-state index contributed by atoms with van der Waals surface area (Å²) in [6.07, 6.45) is 7.77. The highest BCUT2D eigenvalue weighted by Crippen LogP contribution is 2.19. The normalized spacial score (nSPS) is 10.8. The van der Waals surface area contributed by atoms with E-state index in [1.807, 2.05) is 0 Å². The second-order valence-electron chi connectivity index (χ2n) is 9.27. The van der Waals surface area contributed by atoms with Crippen LogP contribution in [-0.2, 0) is 14.3 Å². The predicted molar refractivity (Wildman–Crippen MR) is 158 cm³/mol. The van der Waals surface area contributed by atoms with Gasteiger partial charge in [-0.2, -0.15) is 0 Å². The van der Waals surface area contributed by atoms with Gasteiger partial charge in [-0.3, -0.25) is 0 Å². The molecule has 3 aromatic carbocycles.